The van der Waals surface area contributed by atoms with Gasteiger partial charge in [-0.25, -0.2) is 8.42 Å². The molecule has 0 atom stereocenters. The first-order valence-electron chi connectivity index (χ1n) is 7.21. The van der Waals surface area contributed by atoms with Crippen molar-refractivity contribution in [2.24, 2.45) is 7.05 Å². The van der Waals surface area contributed by atoms with Crippen molar-refractivity contribution in [1.82, 2.24) is 14.1 Å². The van der Waals surface area contributed by atoms with Crippen LogP contribution in [0.5, 0.6) is 5.75 Å². The van der Waals surface area contributed by atoms with Gasteiger partial charge in [-0.15, -0.1) is 0 Å². The molecule has 8 heteroatoms. The Labute approximate surface area is 140 Å². The lowest BCUT2D eigenvalue weighted by Gasteiger charge is -2.37. The molecule has 23 heavy (non-hydrogen) atoms. The number of ether oxygens (including phenoxy) is 1. The highest BCUT2D eigenvalue weighted by Gasteiger charge is 2.41. The van der Waals surface area contributed by atoms with Crippen LogP contribution in [0.4, 0.5) is 0 Å². The zero-order chi connectivity index (χ0) is 16.8. The molecule has 1 aliphatic heterocycles. The smallest absolute Gasteiger partial charge is 0.248 e. The number of aromatic nitrogens is 2. The Morgan fingerprint density at radius 2 is 2.00 bits per heavy atom. The fourth-order valence-corrected chi connectivity index (χ4v) is 4.79. The topological polar surface area (TPSA) is 64.4 Å². The van der Waals surface area contributed by atoms with E-state index < -0.39 is 10.0 Å². The third kappa shape index (κ3) is 2.96. The summed E-state index contributed by atoms with van der Waals surface area (Å²) in [6, 6.07) is 7.69. The van der Waals surface area contributed by atoms with Crippen molar-refractivity contribution in [3.63, 3.8) is 0 Å². The number of hydrogen-bond donors (Lipinski definition) is 0. The zero-order valence-corrected chi connectivity index (χ0v) is 14.7. The van der Waals surface area contributed by atoms with E-state index >= 15 is 0 Å². The molecule has 0 N–H and O–H groups in total. The SMILES string of the molecule is Cc1cccc(OC2CN(S(=O)(=O)c3c(C)nn(C)c3Cl)C2)c1. The maximum atomic E-state index is 12.7. The molecule has 0 aliphatic carbocycles. The molecule has 2 heterocycles. The molecule has 0 unspecified atom stereocenters. The number of benzene rings is 1. The van der Waals surface area contributed by atoms with Gasteiger partial charge in [0.05, 0.1) is 18.8 Å². The highest BCUT2D eigenvalue weighted by atomic mass is 35.5. The number of nitrogens with zero attached hydrogens (tertiary/aromatic N) is 3. The Balaban J connectivity index is 1.71. The van der Waals surface area contributed by atoms with E-state index in [9.17, 15) is 8.42 Å². The molecule has 0 saturated carbocycles. The maximum Gasteiger partial charge on any atom is 0.248 e. The van der Waals surface area contributed by atoms with Crippen LogP contribution < -0.4 is 4.74 Å². The standard InChI is InChI=1S/C15H18ClN3O3S/c1-10-5-4-6-12(7-10)22-13-8-19(9-13)23(20,21)14-11(2)17-18(3)15(14)16/h4-7,13H,8-9H2,1-3H3. The van der Waals surface area contributed by atoms with Crippen LogP contribution in [0.3, 0.4) is 0 Å². The molecule has 1 fully saturated rings. The van der Waals surface area contributed by atoms with Gasteiger partial charge in [-0.05, 0) is 31.5 Å². The lowest BCUT2D eigenvalue weighted by atomic mass is 10.2. The van der Waals surface area contributed by atoms with Crippen molar-refractivity contribution in [2.75, 3.05) is 13.1 Å². The lowest BCUT2D eigenvalue weighted by Crippen LogP contribution is -2.56. The zero-order valence-electron chi connectivity index (χ0n) is 13.2. The van der Waals surface area contributed by atoms with Gasteiger partial charge in [0.2, 0.25) is 10.0 Å². The van der Waals surface area contributed by atoms with Crippen molar-refractivity contribution in [3.05, 3.63) is 40.7 Å². The molecule has 0 amide bonds. The van der Waals surface area contributed by atoms with Gasteiger partial charge < -0.3 is 4.74 Å². The van der Waals surface area contributed by atoms with Crippen LogP contribution >= 0.6 is 11.6 Å². The van der Waals surface area contributed by atoms with Gasteiger partial charge in [-0.2, -0.15) is 9.40 Å². The Bertz CT molecular complexity index is 842. The average Bonchev–Trinajstić information content (AvgIpc) is 2.67. The summed E-state index contributed by atoms with van der Waals surface area (Å²) >= 11 is 6.07. The Morgan fingerprint density at radius 3 is 2.57 bits per heavy atom. The van der Waals surface area contributed by atoms with Gasteiger partial charge in [0.15, 0.2) is 0 Å². The molecule has 1 aromatic carbocycles. The highest BCUT2D eigenvalue weighted by molar-refractivity contribution is 7.89. The van der Waals surface area contributed by atoms with E-state index in [1.165, 1.54) is 8.99 Å². The molecule has 2 aromatic rings. The number of aryl methyl sites for hydroxylation is 3. The van der Waals surface area contributed by atoms with Crippen molar-refractivity contribution >= 4 is 21.6 Å². The second-order valence-corrected chi connectivity index (χ2v) is 7.94. The van der Waals surface area contributed by atoms with E-state index in [2.05, 4.69) is 5.10 Å². The monoisotopic (exact) mass is 355 g/mol. The fourth-order valence-electron chi connectivity index (χ4n) is 2.59. The van der Waals surface area contributed by atoms with E-state index in [1.807, 2.05) is 31.2 Å². The van der Waals surface area contributed by atoms with Crippen molar-refractivity contribution in [3.8, 4) is 5.75 Å². The number of rotatable bonds is 4. The minimum absolute atomic E-state index is 0.0793. The summed E-state index contributed by atoms with van der Waals surface area (Å²) < 4.78 is 33.8. The molecule has 1 aromatic heterocycles. The number of sulfonamides is 1. The van der Waals surface area contributed by atoms with Crippen LogP contribution in [0.1, 0.15) is 11.3 Å². The molecule has 6 nitrogen and oxygen atoms in total. The second-order valence-electron chi connectivity index (χ2n) is 5.71. The van der Waals surface area contributed by atoms with Crippen molar-refractivity contribution in [1.29, 1.82) is 0 Å². The van der Waals surface area contributed by atoms with Gasteiger partial charge in [0, 0.05) is 7.05 Å². The summed E-state index contributed by atoms with van der Waals surface area (Å²) in [5.74, 6) is 0.752. The summed E-state index contributed by atoms with van der Waals surface area (Å²) in [5.41, 5.74) is 1.50. The third-order valence-electron chi connectivity index (χ3n) is 3.80. The van der Waals surface area contributed by atoms with Crippen LogP contribution in [0.15, 0.2) is 29.2 Å². The molecule has 0 bridgehead atoms. The minimum Gasteiger partial charge on any atom is -0.488 e. The molecule has 0 radical (unpaired) electrons. The highest BCUT2D eigenvalue weighted by Crippen LogP contribution is 2.31. The summed E-state index contributed by atoms with van der Waals surface area (Å²) in [4.78, 5) is 0.0793. The van der Waals surface area contributed by atoms with Gasteiger partial charge >= 0.3 is 0 Å². The van der Waals surface area contributed by atoms with Crippen LogP contribution in [0.2, 0.25) is 5.15 Å². The Hall–Kier alpha value is -1.57. The fraction of sp³-hybridized carbons (Fsp3) is 0.400. The molecule has 124 valence electrons. The number of hydrogen-bond acceptors (Lipinski definition) is 4. The lowest BCUT2D eigenvalue weighted by molar-refractivity contribution is 0.0761. The van der Waals surface area contributed by atoms with Crippen molar-refractivity contribution in [2.45, 2.75) is 24.8 Å². The van der Waals surface area contributed by atoms with Gasteiger partial charge in [0.1, 0.15) is 21.9 Å². The van der Waals surface area contributed by atoms with E-state index in [-0.39, 0.29) is 16.2 Å². The minimum atomic E-state index is -3.64. The van der Waals surface area contributed by atoms with Crippen LogP contribution in [-0.4, -0.2) is 41.7 Å². The largest absolute Gasteiger partial charge is 0.488 e. The van der Waals surface area contributed by atoms with E-state index in [0.29, 0.717) is 18.8 Å². The van der Waals surface area contributed by atoms with E-state index in [4.69, 9.17) is 16.3 Å². The third-order valence-corrected chi connectivity index (χ3v) is 6.33. The Morgan fingerprint density at radius 1 is 1.30 bits per heavy atom. The first-order chi connectivity index (χ1) is 10.8. The quantitative estimate of drug-likeness (QED) is 0.842. The number of halogens is 1. The van der Waals surface area contributed by atoms with E-state index in [0.717, 1.165) is 11.3 Å². The molecular weight excluding hydrogens is 338 g/mol. The Kier molecular flexibility index (Phi) is 4.12. The first-order valence-corrected chi connectivity index (χ1v) is 9.03. The predicted molar refractivity (Wildman–Crippen MR) is 87.3 cm³/mol. The second kappa shape index (κ2) is 5.81. The van der Waals surface area contributed by atoms with Crippen LogP contribution in [0.25, 0.3) is 0 Å². The van der Waals surface area contributed by atoms with Crippen LogP contribution in [-0.2, 0) is 17.1 Å². The van der Waals surface area contributed by atoms with Crippen molar-refractivity contribution < 1.29 is 13.2 Å². The van der Waals surface area contributed by atoms with Gasteiger partial charge in [-0.1, -0.05) is 23.7 Å². The molecule has 3 rings (SSSR count). The average molecular weight is 356 g/mol. The predicted octanol–water partition coefficient (Wildman–Crippen LogP) is 2.14. The van der Waals surface area contributed by atoms with Crippen LogP contribution in [0, 0.1) is 13.8 Å². The van der Waals surface area contributed by atoms with Gasteiger partial charge in [-0.3, -0.25) is 4.68 Å². The normalized spacial score (nSPS) is 16.3. The molecule has 0 spiro atoms. The maximum absolute atomic E-state index is 12.7. The summed E-state index contributed by atoms with van der Waals surface area (Å²) in [6.45, 7) is 4.23. The molecule has 1 saturated heterocycles. The first kappa shape index (κ1) is 16.3. The summed E-state index contributed by atoms with van der Waals surface area (Å²) in [7, 11) is -2.02. The summed E-state index contributed by atoms with van der Waals surface area (Å²) in [6.07, 6.45) is -0.151. The summed E-state index contributed by atoms with van der Waals surface area (Å²) in [5, 5.41) is 4.19. The van der Waals surface area contributed by atoms with Gasteiger partial charge in [0.25, 0.3) is 0 Å². The molecule has 1 aliphatic rings. The van der Waals surface area contributed by atoms with E-state index in [1.54, 1.807) is 14.0 Å². The molecular formula is C15H18ClN3O3S.